The summed E-state index contributed by atoms with van der Waals surface area (Å²) < 4.78 is 1.74. The van der Waals surface area contributed by atoms with Crippen LogP contribution >= 0.6 is 11.3 Å². The Hall–Kier alpha value is -3.85. The first kappa shape index (κ1) is 18.5. The largest absolute Gasteiger partial charge is 0.306 e. The summed E-state index contributed by atoms with van der Waals surface area (Å²) in [6, 6.07) is 15.4. The van der Waals surface area contributed by atoms with E-state index in [4.69, 9.17) is 0 Å². The van der Waals surface area contributed by atoms with Crippen LogP contribution < -0.4 is 5.32 Å². The van der Waals surface area contributed by atoms with Gasteiger partial charge in [-0.25, -0.2) is 9.97 Å². The second-order valence-electron chi connectivity index (χ2n) is 6.17. The van der Waals surface area contributed by atoms with Crippen LogP contribution in [0.25, 0.3) is 16.4 Å². The van der Waals surface area contributed by atoms with Crippen molar-refractivity contribution >= 4 is 28.7 Å². The van der Waals surface area contributed by atoms with Crippen molar-refractivity contribution in [1.82, 2.24) is 14.5 Å². The highest BCUT2D eigenvalue weighted by Gasteiger charge is 2.17. The number of aryl methyl sites for hydroxylation is 1. The number of anilines is 1. The Morgan fingerprint density at radius 3 is 2.72 bits per heavy atom. The van der Waals surface area contributed by atoms with E-state index in [1.165, 1.54) is 41.8 Å². The Kier molecular flexibility index (Phi) is 4.88. The number of nitro benzene ring substituents is 1. The summed E-state index contributed by atoms with van der Waals surface area (Å²) in [5, 5.41) is 16.3. The number of non-ortho nitro benzene ring substituents is 1. The van der Waals surface area contributed by atoms with Crippen LogP contribution in [0, 0.1) is 17.0 Å². The van der Waals surface area contributed by atoms with Gasteiger partial charge in [0.05, 0.1) is 16.8 Å². The fourth-order valence-electron chi connectivity index (χ4n) is 2.83. The number of carbonyl (C=O) groups excluding carboxylic acids is 1. The van der Waals surface area contributed by atoms with E-state index in [1.807, 2.05) is 42.6 Å². The lowest BCUT2D eigenvalue weighted by molar-refractivity contribution is -0.384. The number of rotatable bonds is 5. The van der Waals surface area contributed by atoms with Gasteiger partial charge in [-0.05, 0) is 13.0 Å². The number of nitrogens with one attached hydrogen (secondary N) is 1. The van der Waals surface area contributed by atoms with Crippen LogP contribution in [0.15, 0.2) is 66.2 Å². The van der Waals surface area contributed by atoms with Crippen LogP contribution in [-0.2, 0) is 0 Å². The van der Waals surface area contributed by atoms with Gasteiger partial charge in [-0.15, -0.1) is 11.3 Å². The van der Waals surface area contributed by atoms with Crippen molar-refractivity contribution in [3.8, 4) is 16.4 Å². The van der Waals surface area contributed by atoms with E-state index in [2.05, 4.69) is 15.3 Å². The molecule has 144 valence electrons. The van der Waals surface area contributed by atoms with E-state index in [0.717, 1.165) is 11.3 Å². The van der Waals surface area contributed by atoms with Crippen molar-refractivity contribution in [1.29, 1.82) is 0 Å². The fourth-order valence-corrected chi connectivity index (χ4v) is 3.72. The molecule has 0 fully saturated rings. The van der Waals surface area contributed by atoms with E-state index in [1.54, 1.807) is 4.57 Å². The summed E-state index contributed by atoms with van der Waals surface area (Å²) in [4.78, 5) is 32.0. The molecular weight excluding hydrogens is 390 g/mol. The van der Waals surface area contributed by atoms with E-state index in [9.17, 15) is 14.9 Å². The molecule has 4 rings (SSSR count). The van der Waals surface area contributed by atoms with Crippen molar-refractivity contribution in [2.75, 3.05) is 5.32 Å². The van der Waals surface area contributed by atoms with Crippen molar-refractivity contribution in [3.05, 3.63) is 87.7 Å². The molecule has 1 N–H and O–H groups in total. The third-order valence-corrected chi connectivity index (χ3v) is 5.08. The Balaban J connectivity index is 1.63. The lowest BCUT2D eigenvalue weighted by Crippen LogP contribution is -2.15. The number of hydrogen-bond donors (Lipinski definition) is 1. The van der Waals surface area contributed by atoms with Gasteiger partial charge in [0.25, 0.3) is 11.6 Å². The average molecular weight is 405 g/mol. The van der Waals surface area contributed by atoms with Crippen molar-refractivity contribution in [3.63, 3.8) is 0 Å². The Morgan fingerprint density at radius 2 is 1.97 bits per heavy atom. The maximum Gasteiger partial charge on any atom is 0.270 e. The van der Waals surface area contributed by atoms with Crippen molar-refractivity contribution in [2.45, 2.75) is 6.92 Å². The molecule has 0 bridgehead atoms. The number of aromatic nitrogens is 3. The topological polar surface area (TPSA) is 103 Å². The van der Waals surface area contributed by atoms with E-state index in [-0.39, 0.29) is 11.3 Å². The predicted molar refractivity (Wildman–Crippen MR) is 110 cm³/mol. The average Bonchev–Trinajstić information content (AvgIpc) is 3.35. The zero-order valence-corrected chi connectivity index (χ0v) is 16.1. The maximum absolute atomic E-state index is 12.6. The molecular formula is C20H15N5O3S. The molecule has 0 atom stereocenters. The monoisotopic (exact) mass is 405 g/mol. The van der Waals surface area contributed by atoms with E-state index in [0.29, 0.717) is 16.8 Å². The van der Waals surface area contributed by atoms with Gasteiger partial charge in [-0.3, -0.25) is 19.5 Å². The molecule has 0 spiro atoms. The smallest absolute Gasteiger partial charge is 0.270 e. The summed E-state index contributed by atoms with van der Waals surface area (Å²) in [5.74, 6) is 0.635. The normalized spacial score (nSPS) is 10.7. The van der Waals surface area contributed by atoms with Crippen LogP contribution in [0.2, 0.25) is 0 Å². The third-order valence-electron chi connectivity index (χ3n) is 4.25. The number of nitrogens with zero attached hydrogens (tertiary/aromatic N) is 4. The van der Waals surface area contributed by atoms with Gasteiger partial charge in [0.15, 0.2) is 5.13 Å². The number of amides is 1. The SMILES string of the molecule is Cc1ncc(NC(=O)c2cccc([N+](=O)[O-])c2)n1-c1nc(-c2ccccc2)cs1. The molecule has 0 aliphatic heterocycles. The molecule has 1 amide bonds. The Morgan fingerprint density at radius 1 is 1.17 bits per heavy atom. The molecule has 2 heterocycles. The third kappa shape index (κ3) is 3.76. The number of thiazole rings is 1. The summed E-state index contributed by atoms with van der Waals surface area (Å²) in [6.45, 7) is 1.81. The van der Waals surface area contributed by atoms with Gasteiger partial charge in [0, 0.05) is 28.6 Å². The van der Waals surface area contributed by atoms with E-state index < -0.39 is 10.8 Å². The molecule has 2 aromatic heterocycles. The standard InChI is InChI=1S/C20H15N5O3S/c1-13-21-11-18(23-19(26)15-8-5-9-16(10-15)25(27)28)24(13)20-22-17(12-29-20)14-6-3-2-4-7-14/h2-12H,1H3,(H,23,26). The molecule has 9 heteroatoms. The second-order valence-corrected chi connectivity index (χ2v) is 7.01. The fraction of sp³-hybridized carbons (Fsp3) is 0.0500. The highest BCUT2D eigenvalue weighted by molar-refractivity contribution is 7.12. The molecule has 29 heavy (non-hydrogen) atoms. The number of hydrogen-bond acceptors (Lipinski definition) is 6. The lowest BCUT2D eigenvalue weighted by Gasteiger charge is -2.08. The van der Waals surface area contributed by atoms with Crippen LogP contribution in [0.5, 0.6) is 0 Å². The van der Waals surface area contributed by atoms with Gasteiger partial charge in [0.2, 0.25) is 0 Å². The highest BCUT2D eigenvalue weighted by Crippen LogP contribution is 2.27. The summed E-state index contributed by atoms with van der Waals surface area (Å²) in [5.41, 5.74) is 1.87. The number of benzene rings is 2. The molecule has 2 aromatic carbocycles. The molecule has 4 aromatic rings. The summed E-state index contributed by atoms with van der Waals surface area (Å²) in [7, 11) is 0. The molecule has 8 nitrogen and oxygen atoms in total. The van der Waals surface area contributed by atoms with Crippen LogP contribution in [0.3, 0.4) is 0 Å². The van der Waals surface area contributed by atoms with Crippen molar-refractivity contribution < 1.29 is 9.72 Å². The van der Waals surface area contributed by atoms with Crippen molar-refractivity contribution in [2.24, 2.45) is 0 Å². The molecule has 0 radical (unpaired) electrons. The summed E-state index contributed by atoms with van der Waals surface area (Å²) in [6.07, 6.45) is 1.54. The lowest BCUT2D eigenvalue weighted by atomic mass is 10.2. The molecule has 0 saturated carbocycles. The maximum atomic E-state index is 12.6. The number of imidazole rings is 1. The van der Waals surface area contributed by atoms with Gasteiger partial charge < -0.3 is 5.32 Å². The summed E-state index contributed by atoms with van der Waals surface area (Å²) >= 11 is 1.43. The highest BCUT2D eigenvalue weighted by atomic mass is 32.1. The quantitative estimate of drug-likeness (QED) is 0.390. The molecule has 0 saturated heterocycles. The zero-order valence-electron chi connectivity index (χ0n) is 15.3. The van der Waals surface area contributed by atoms with Crippen LogP contribution in [-0.4, -0.2) is 25.4 Å². The van der Waals surface area contributed by atoms with Gasteiger partial charge in [0.1, 0.15) is 11.6 Å². The minimum atomic E-state index is -0.536. The van der Waals surface area contributed by atoms with Gasteiger partial charge in [-0.1, -0.05) is 36.4 Å². The first-order chi connectivity index (χ1) is 14.0. The Bertz CT molecular complexity index is 1200. The zero-order chi connectivity index (χ0) is 20.4. The molecule has 0 aliphatic carbocycles. The van der Waals surface area contributed by atoms with Gasteiger partial charge in [-0.2, -0.15) is 0 Å². The first-order valence-corrected chi connectivity index (χ1v) is 9.52. The number of nitro groups is 1. The van der Waals surface area contributed by atoms with Crippen LogP contribution in [0.4, 0.5) is 11.5 Å². The second kappa shape index (κ2) is 7.64. The van der Waals surface area contributed by atoms with Crippen LogP contribution in [0.1, 0.15) is 16.2 Å². The Labute approximate surface area is 169 Å². The predicted octanol–water partition coefficient (Wildman–Crippen LogP) is 4.46. The molecule has 0 aliphatic rings. The van der Waals surface area contributed by atoms with E-state index >= 15 is 0 Å². The minimum Gasteiger partial charge on any atom is -0.306 e. The molecule has 0 unspecified atom stereocenters. The number of carbonyl (C=O) groups is 1. The first-order valence-electron chi connectivity index (χ1n) is 8.64. The minimum absolute atomic E-state index is 0.144. The van der Waals surface area contributed by atoms with Gasteiger partial charge >= 0.3 is 0 Å².